The van der Waals surface area contributed by atoms with Gasteiger partial charge in [0.15, 0.2) is 0 Å². The van der Waals surface area contributed by atoms with Crippen LogP contribution >= 0.6 is 0 Å². The molecule has 2 atom stereocenters. The largest absolute Gasteiger partial charge is 0.508 e. The normalized spacial score (nSPS) is 19.7. The average molecular weight is 275 g/mol. The van der Waals surface area contributed by atoms with Crippen LogP contribution in [0.3, 0.4) is 0 Å². The second-order valence-electron chi connectivity index (χ2n) is 6.46. The maximum Gasteiger partial charge on any atom is 0.115 e. The van der Waals surface area contributed by atoms with Gasteiger partial charge < -0.3 is 10.4 Å². The van der Waals surface area contributed by atoms with Gasteiger partial charge in [0.25, 0.3) is 0 Å². The van der Waals surface area contributed by atoms with E-state index >= 15 is 0 Å². The van der Waals surface area contributed by atoms with Gasteiger partial charge in [-0.3, -0.25) is 0 Å². The van der Waals surface area contributed by atoms with Crippen molar-refractivity contribution in [2.45, 2.75) is 70.9 Å². The summed E-state index contributed by atoms with van der Waals surface area (Å²) in [6, 6.07) is 8.79. The molecular formula is C18H29NO. The summed E-state index contributed by atoms with van der Waals surface area (Å²) in [7, 11) is 0. The molecule has 2 heteroatoms. The van der Waals surface area contributed by atoms with Gasteiger partial charge in [0.2, 0.25) is 0 Å². The first-order chi connectivity index (χ1) is 9.65. The van der Waals surface area contributed by atoms with Crippen LogP contribution in [-0.4, -0.2) is 17.2 Å². The molecule has 1 fully saturated rings. The monoisotopic (exact) mass is 275 g/mol. The summed E-state index contributed by atoms with van der Waals surface area (Å²) in [4.78, 5) is 0. The van der Waals surface area contributed by atoms with E-state index in [4.69, 9.17) is 0 Å². The van der Waals surface area contributed by atoms with Crippen LogP contribution < -0.4 is 5.32 Å². The molecule has 112 valence electrons. The van der Waals surface area contributed by atoms with E-state index in [2.05, 4.69) is 19.2 Å². The van der Waals surface area contributed by atoms with Gasteiger partial charge in [-0.05, 0) is 63.1 Å². The Labute approximate surface area is 123 Å². The molecular weight excluding hydrogens is 246 g/mol. The van der Waals surface area contributed by atoms with Crippen LogP contribution in [0.5, 0.6) is 5.75 Å². The van der Waals surface area contributed by atoms with Gasteiger partial charge >= 0.3 is 0 Å². The zero-order chi connectivity index (χ0) is 14.4. The number of phenolic OH excluding ortho intramolecular Hbond substituents is 1. The lowest BCUT2D eigenvalue weighted by Crippen LogP contribution is -2.40. The Bertz CT molecular complexity index is 381. The summed E-state index contributed by atoms with van der Waals surface area (Å²) < 4.78 is 0. The molecule has 0 bridgehead atoms. The molecule has 0 spiro atoms. The summed E-state index contributed by atoms with van der Waals surface area (Å²) in [5.41, 5.74) is 1.31. The third kappa shape index (κ3) is 4.82. The molecule has 0 aromatic heterocycles. The first kappa shape index (κ1) is 15.4. The fourth-order valence-electron chi connectivity index (χ4n) is 3.35. The van der Waals surface area contributed by atoms with Gasteiger partial charge in [-0.25, -0.2) is 0 Å². The first-order valence-electron chi connectivity index (χ1n) is 8.19. The highest BCUT2D eigenvalue weighted by molar-refractivity contribution is 5.25. The molecule has 0 saturated heterocycles. The lowest BCUT2D eigenvalue weighted by atomic mass is 9.84. The Morgan fingerprint density at radius 2 is 1.75 bits per heavy atom. The van der Waals surface area contributed by atoms with E-state index in [9.17, 15) is 5.11 Å². The van der Waals surface area contributed by atoms with E-state index in [1.165, 1.54) is 37.7 Å². The van der Waals surface area contributed by atoms with Gasteiger partial charge in [-0.15, -0.1) is 0 Å². The fourth-order valence-corrected chi connectivity index (χ4v) is 3.35. The van der Waals surface area contributed by atoms with Crippen LogP contribution in [0, 0.1) is 5.92 Å². The maximum absolute atomic E-state index is 9.28. The number of rotatable bonds is 6. The SMILES string of the molecule is CC(CCc1ccc(O)cc1)NC(C)C1CCCCC1. The quantitative estimate of drug-likeness (QED) is 0.812. The zero-order valence-electron chi connectivity index (χ0n) is 12.9. The lowest BCUT2D eigenvalue weighted by molar-refractivity contribution is 0.264. The topological polar surface area (TPSA) is 32.3 Å². The van der Waals surface area contributed by atoms with Crippen LogP contribution in [0.4, 0.5) is 0 Å². The molecule has 0 heterocycles. The Balaban J connectivity index is 1.71. The van der Waals surface area contributed by atoms with Gasteiger partial charge in [-0.1, -0.05) is 31.4 Å². The summed E-state index contributed by atoms with van der Waals surface area (Å²) in [6.07, 6.45) is 9.29. The molecule has 1 aromatic carbocycles. The molecule has 2 rings (SSSR count). The van der Waals surface area contributed by atoms with E-state index in [1.807, 2.05) is 12.1 Å². The number of benzene rings is 1. The Morgan fingerprint density at radius 3 is 2.40 bits per heavy atom. The van der Waals surface area contributed by atoms with E-state index in [0.29, 0.717) is 17.8 Å². The highest BCUT2D eigenvalue weighted by Gasteiger charge is 2.20. The van der Waals surface area contributed by atoms with Crippen molar-refractivity contribution in [1.82, 2.24) is 5.32 Å². The molecule has 0 radical (unpaired) electrons. The summed E-state index contributed by atoms with van der Waals surface area (Å²) in [6.45, 7) is 4.65. The lowest BCUT2D eigenvalue weighted by Gasteiger charge is -2.30. The van der Waals surface area contributed by atoms with Crippen LogP contribution in [0.1, 0.15) is 57.9 Å². The summed E-state index contributed by atoms with van der Waals surface area (Å²) in [5.74, 6) is 1.23. The van der Waals surface area contributed by atoms with Crippen LogP contribution in [0.2, 0.25) is 0 Å². The minimum absolute atomic E-state index is 0.353. The van der Waals surface area contributed by atoms with E-state index in [-0.39, 0.29) is 0 Å². The van der Waals surface area contributed by atoms with Crippen LogP contribution in [0.15, 0.2) is 24.3 Å². The van der Waals surface area contributed by atoms with E-state index in [1.54, 1.807) is 12.1 Å². The highest BCUT2D eigenvalue weighted by atomic mass is 16.3. The van der Waals surface area contributed by atoms with Gasteiger partial charge in [-0.2, -0.15) is 0 Å². The Kier molecular flexibility index (Phi) is 5.90. The second kappa shape index (κ2) is 7.68. The van der Waals surface area contributed by atoms with Crippen molar-refractivity contribution < 1.29 is 5.11 Å². The third-order valence-electron chi connectivity index (χ3n) is 4.71. The van der Waals surface area contributed by atoms with Crippen molar-refractivity contribution in [3.63, 3.8) is 0 Å². The Morgan fingerprint density at radius 1 is 1.10 bits per heavy atom. The molecule has 1 aromatic rings. The number of phenols is 1. The van der Waals surface area contributed by atoms with Gasteiger partial charge in [0.1, 0.15) is 5.75 Å². The zero-order valence-corrected chi connectivity index (χ0v) is 12.9. The standard InChI is InChI=1S/C18H29NO/c1-14(8-9-16-10-12-18(20)13-11-16)19-15(2)17-6-4-3-5-7-17/h10-15,17,19-20H,3-9H2,1-2H3. The van der Waals surface area contributed by atoms with Crippen molar-refractivity contribution in [3.05, 3.63) is 29.8 Å². The minimum Gasteiger partial charge on any atom is -0.508 e. The molecule has 1 aliphatic rings. The fraction of sp³-hybridized carbons (Fsp3) is 0.667. The first-order valence-corrected chi connectivity index (χ1v) is 8.19. The van der Waals surface area contributed by atoms with Gasteiger partial charge in [0.05, 0.1) is 0 Å². The molecule has 0 aliphatic heterocycles. The smallest absolute Gasteiger partial charge is 0.115 e. The molecule has 0 amide bonds. The van der Waals surface area contributed by atoms with Crippen molar-refractivity contribution in [2.24, 2.45) is 5.92 Å². The van der Waals surface area contributed by atoms with Crippen molar-refractivity contribution in [1.29, 1.82) is 0 Å². The molecule has 1 saturated carbocycles. The average Bonchev–Trinajstić information content (AvgIpc) is 2.47. The number of nitrogens with one attached hydrogen (secondary N) is 1. The number of hydrogen-bond acceptors (Lipinski definition) is 2. The Hall–Kier alpha value is -1.02. The van der Waals surface area contributed by atoms with Crippen molar-refractivity contribution >= 4 is 0 Å². The number of hydrogen-bond donors (Lipinski definition) is 2. The molecule has 2 nitrogen and oxygen atoms in total. The van der Waals surface area contributed by atoms with Gasteiger partial charge in [0, 0.05) is 12.1 Å². The molecule has 2 unspecified atom stereocenters. The number of aryl methyl sites for hydroxylation is 1. The van der Waals surface area contributed by atoms with Crippen LogP contribution in [0.25, 0.3) is 0 Å². The van der Waals surface area contributed by atoms with Crippen molar-refractivity contribution in [2.75, 3.05) is 0 Å². The number of aromatic hydroxyl groups is 1. The second-order valence-corrected chi connectivity index (χ2v) is 6.46. The van der Waals surface area contributed by atoms with Crippen molar-refractivity contribution in [3.8, 4) is 5.75 Å². The highest BCUT2D eigenvalue weighted by Crippen LogP contribution is 2.26. The maximum atomic E-state index is 9.28. The summed E-state index contributed by atoms with van der Waals surface area (Å²) >= 11 is 0. The summed E-state index contributed by atoms with van der Waals surface area (Å²) in [5, 5.41) is 13.1. The molecule has 20 heavy (non-hydrogen) atoms. The van der Waals surface area contributed by atoms with E-state index in [0.717, 1.165) is 18.8 Å². The predicted molar refractivity (Wildman–Crippen MR) is 85.1 cm³/mol. The van der Waals surface area contributed by atoms with E-state index < -0.39 is 0 Å². The third-order valence-corrected chi connectivity index (χ3v) is 4.71. The molecule has 1 aliphatic carbocycles. The molecule has 2 N–H and O–H groups in total. The van der Waals surface area contributed by atoms with Crippen LogP contribution in [-0.2, 0) is 6.42 Å². The minimum atomic E-state index is 0.353. The predicted octanol–water partition coefficient (Wildman–Crippen LogP) is 4.27.